The number of methoxy groups -OCH3 is 1. The Kier molecular flexibility index (Phi) is 4.03. The van der Waals surface area contributed by atoms with Crippen molar-refractivity contribution in [1.29, 1.82) is 0 Å². The topological polar surface area (TPSA) is 86.5 Å². The Bertz CT molecular complexity index is 429. The molecule has 1 heterocycles. The Labute approximate surface area is 110 Å². The number of carbonyl (C=O) groups is 1. The molecular weight excluding hydrogens is 254 g/mol. The van der Waals surface area contributed by atoms with Crippen LogP contribution in [0.5, 0.6) is 0 Å². The number of nitrogens with zero attached hydrogens (tertiary/aromatic N) is 1. The second-order valence-corrected chi connectivity index (χ2v) is 4.93. The summed E-state index contributed by atoms with van der Waals surface area (Å²) >= 11 is 1.18. The molecule has 1 aliphatic carbocycles. The van der Waals surface area contributed by atoms with E-state index in [1.54, 1.807) is 0 Å². The minimum Gasteiger partial charge on any atom is -0.465 e. The van der Waals surface area contributed by atoms with Crippen molar-refractivity contribution < 1.29 is 14.3 Å². The molecule has 18 heavy (non-hydrogen) atoms. The zero-order chi connectivity index (χ0) is 13.1. The molecule has 0 aliphatic heterocycles. The van der Waals surface area contributed by atoms with E-state index < -0.39 is 5.97 Å². The molecule has 2 rings (SSSR count). The first-order chi connectivity index (χ1) is 8.65. The summed E-state index contributed by atoms with van der Waals surface area (Å²) in [6.45, 7) is 2.72. The van der Waals surface area contributed by atoms with Crippen LogP contribution >= 0.6 is 11.5 Å². The number of nitrogens with two attached hydrogens (primary N) is 1. The molecule has 1 fully saturated rings. The standard InChI is InChI=1S/C11H17N3O3S/c1-3-17-7-4-6(5-7)13-10-8(11(15)16-2)9(12)14-18-10/h6-7,13H,3-5H2,1-2H3,(H2,12,14). The Hall–Kier alpha value is -1.34. The van der Waals surface area contributed by atoms with Gasteiger partial charge in [-0.25, -0.2) is 4.79 Å². The van der Waals surface area contributed by atoms with E-state index in [-0.39, 0.29) is 5.82 Å². The summed E-state index contributed by atoms with van der Waals surface area (Å²) in [6, 6.07) is 0.310. The Morgan fingerprint density at radius 1 is 1.61 bits per heavy atom. The van der Waals surface area contributed by atoms with Crippen LogP contribution in [0.15, 0.2) is 0 Å². The van der Waals surface area contributed by atoms with Crippen LogP contribution < -0.4 is 11.1 Å². The van der Waals surface area contributed by atoms with Crippen LogP contribution in [0.4, 0.5) is 10.8 Å². The zero-order valence-corrected chi connectivity index (χ0v) is 11.3. The van der Waals surface area contributed by atoms with Gasteiger partial charge in [-0.3, -0.25) is 0 Å². The fourth-order valence-electron chi connectivity index (χ4n) is 1.94. The summed E-state index contributed by atoms with van der Waals surface area (Å²) in [5, 5.41) is 3.95. The van der Waals surface area contributed by atoms with Gasteiger partial charge in [-0.2, -0.15) is 4.37 Å². The summed E-state index contributed by atoms with van der Waals surface area (Å²) in [6.07, 6.45) is 2.19. The molecule has 0 saturated heterocycles. The lowest BCUT2D eigenvalue weighted by atomic mass is 9.89. The molecule has 1 aromatic heterocycles. The average Bonchev–Trinajstić information content (AvgIpc) is 2.67. The first-order valence-corrected chi connectivity index (χ1v) is 6.64. The van der Waals surface area contributed by atoms with Gasteiger partial charge in [0, 0.05) is 12.6 Å². The molecule has 1 aromatic rings. The molecule has 6 nitrogen and oxygen atoms in total. The third-order valence-corrected chi connectivity index (χ3v) is 3.73. The lowest BCUT2D eigenvalue weighted by Gasteiger charge is -2.35. The number of carbonyl (C=O) groups excluding carboxylic acids is 1. The molecular formula is C11H17N3O3S. The van der Waals surface area contributed by atoms with E-state index >= 15 is 0 Å². The summed E-state index contributed by atoms with van der Waals surface area (Å²) < 4.78 is 14.2. The Balaban J connectivity index is 1.97. The monoisotopic (exact) mass is 271 g/mol. The maximum Gasteiger partial charge on any atom is 0.344 e. The van der Waals surface area contributed by atoms with Crippen molar-refractivity contribution in [3.63, 3.8) is 0 Å². The highest BCUT2D eigenvalue weighted by molar-refractivity contribution is 7.11. The second-order valence-electron chi connectivity index (χ2n) is 4.15. The SMILES string of the molecule is CCOC1CC(Nc2snc(N)c2C(=O)OC)C1. The predicted octanol–water partition coefficient (Wildman–Crippen LogP) is 1.49. The second kappa shape index (κ2) is 5.53. The van der Waals surface area contributed by atoms with E-state index in [0.717, 1.165) is 19.4 Å². The van der Waals surface area contributed by atoms with Crippen molar-refractivity contribution >= 4 is 28.3 Å². The number of hydrogen-bond acceptors (Lipinski definition) is 7. The lowest BCUT2D eigenvalue weighted by molar-refractivity contribution is 0.00304. The summed E-state index contributed by atoms with van der Waals surface area (Å²) in [5.74, 6) is -0.237. The van der Waals surface area contributed by atoms with Crippen molar-refractivity contribution in [2.75, 3.05) is 24.8 Å². The minimum absolute atomic E-state index is 0.218. The highest BCUT2D eigenvalue weighted by atomic mass is 32.1. The van der Waals surface area contributed by atoms with Crippen LogP contribution in [-0.2, 0) is 9.47 Å². The van der Waals surface area contributed by atoms with Crippen LogP contribution in [0.2, 0.25) is 0 Å². The fraction of sp³-hybridized carbons (Fsp3) is 0.636. The maximum absolute atomic E-state index is 11.6. The number of rotatable bonds is 5. The largest absolute Gasteiger partial charge is 0.465 e. The van der Waals surface area contributed by atoms with Crippen molar-refractivity contribution in [3.8, 4) is 0 Å². The van der Waals surface area contributed by atoms with E-state index in [1.165, 1.54) is 18.6 Å². The van der Waals surface area contributed by atoms with E-state index in [9.17, 15) is 4.79 Å². The number of ether oxygens (including phenoxy) is 2. The van der Waals surface area contributed by atoms with E-state index in [4.69, 9.17) is 15.2 Å². The van der Waals surface area contributed by atoms with Crippen LogP contribution in [0.1, 0.15) is 30.1 Å². The number of nitrogen functional groups attached to an aromatic ring is 1. The number of anilines is 2. The smallest absolute Gasteiger partial charge is 0.344 e. The van der Waals surface area contributed by atoms with Gasteiger partial charge in [0.15, 0.2) is 5.82 Å². The van der Waals surface area contributed by atoms with E-state index in [1.807, 2.05) is 6.92 Å². The number of aromatic nitrogens is 1. The van der Waals surface area contributed by atoms with Crippen LogP contribution in [0.25, 0.3) is 0 Å². The number of hydrogen-bond donors (Lipinski definition) is 2. The van der Waals surface area contributed by atoms with Crippen LogP contribution in [0.3, 0.4) is 0 Å². The van der Waals surface area contributed by atoms with Gasteiger partial charge in [0.2, 0.25) is 0 Å². The molecule has 0 unspecified atom stereocenters. The van der Waals surface area contributed by atoms with Gasteiger partial charge < -0.3 is 20.5 Å². The molecule has 0 atom stereocenters. The van der Waals surface area contributed by atoms with Gasteiger partial charge in [-0.05, 0) is 31.3 Å². The molecule has 0 aromatic carbocycles. The van der Waals surface area contributed by atoms with Gasteiger partial charge in [0.1, 0.15) is 10.6 Å². The molecule has 7 heteroatoms. The zero-order valence-electron chi connectivity index (χ0n) is 10.4. The summed E-state index contributed by atoms with van der Waals surface area (Å²) in [5.41, 5.74) is 6.00. The first kappa shape index (κ1) is 13.1. The fourth-order valence-corrected chi connectivity index (χ4v) is 2.72. The highest BCUT2D eigenvalue weighted by Gasteiger charge is 2.31. The van der Waals surface area contributed by atoms with Gasteiger partial charge >= 0.3 is 5.97 Å². The number of esters is 1. The van der Waals surface area contributed by atoms with Gasteiger partial charge in [-0.15, -0.1) is 0 Å². The van der Waals surface area contributed by atoms with Crippen molar-refractivity contribution in [1.82, 2.24) is 4.37 Å². The van der Waals surface area contributed by atoms with E-state index in [0.29, 0.717) is 22.7 Å². The molecule has 0 bridgehead atoms. The van der Waals surface area contributed by atoms with Crippen LogP contribution in [0, 0.1) is 0 Å². The normalized spacial score (nSPS) is 22.3. The highest BCUT2D eigenvalue weighted by Crippen LogP contribution is 2.32. The quantitative estimate of drug-likeness (QED) is 0.789. The Morgan fingerprint density at radius 3 is 2.94 bits per heavy atom. The molecule has 1 saturated carbocycles. The maximum atomic E-state index is 11.6. The van der Waals surface area contributed by atoms with Gasteiger partial charge in [0.05, 0.1) is 13.2 Å². The third-order valence-electron chi connectivity index (χ3n) is 2.94. The summed E-state index contributed by atoms with van der Waals surface area (Å²) in [4.78, 5) is 11.6. The van der Waals surface area contributed by atoms with Crippen molar-refractivity contribution in [2.24, 2.45) is 0 Å². The number of nitrogens with one attached hydrogen (secondary N) is 1. The predicted molar refractivity (Wildman–Crippen MR) is 69.9 cm³/mol. The molecule has 100 valence electrons. The first-order valence-electron chi connectivity index (χ1n) is 5.87. The molecule has 3 N–H and O–H groups in total. The van der Waals surface area contributed by atoms with Gasteiger partial charge in [-0.1, -0.05) is 0 Å². The summed E-state index contributed by atoms with van der Waals surface area (Å²) in [7, 11) is 1.33. The van der Waals surface area contributed by atoms with Crippen LogP contribution in [-0.4, -0.2) is 36.2 Å². The lowest BCUT2D eigenvalue weighted by Crippen LogP contribution is -2.40. The molecule has 0 amide bonds. The average molecular weight is 271 g/mol. The van der Waals surface area contributed by atoms with Gasteiger partial charge in [0.25, 0.3) is 0 Å². The van der Waals surface area contributed by atoms with E-state index in [2.05, 4.69) is 9.69 Å². The molecule has 0 spiro atoms. The molecule has 0 radical (unpaired) electrons. The molecule has 1 aliphatic rings. The third kappa shape index (κ3) is 2.56. The Morgan fingerprint density at radius 2 is 2.33 bits per heavy atom. The minimum atomic E-state index is -0.454. The van der Waals surface area contributed by atoms with Crippen molar-refractivity contribution in [2.45, 2.75) is 31.9 Å². The van der Waals surface area contributed by atoms with Crippen molar-refractivity contribution in [3.05, 3.63) is 5.56 Å².